The smallest absolute Gasteiger partial charge is 0.220 e. The Morgan fingerprint density at radius 1 is 1.38 bits per heavy atom. The maximum atomic E-state index is 11.3. The quantitative estimate of drug-likeness (QED) is 0.466. The van der Waals surface area contributed by atoms with Crippen molar-refractivity contribution in [1.82, 2.24) is 5.32 Å². The lowest BCUT2D eigenvalue weighted by molar-refractivity contribution is -0.121. The van der Waals surface area contributed by atoms with Gasteiger partial charge in [-0.3, -0.25) is 4.79 Å². The van der Waals surface area contributed by atoms with Crippen molar-refractivity contribution in [2.75, 3.05) is 7.11 Å². The van der Waals surface area contributed by atoms with Gasteiger partial charge in [-0.1, -0.05) is 12.8 Å². The van der Waals surface area contributed by atoms with E-state index in [1.807, 2.05) is 0 Å². The second kappa shape index (κ2) is 7.63. The molecule has 0 aliphatic heterocycles. The summed E-state index contributed by atoms with van der Waals surface area (Å²) in [6.45, 7) is 0. The van der Waals surface area contributed by atoms with Crippen LogP contribution in [0.15, 0.2) is 0 Å². The lowest BCUT2D eigenvalue weighted by Gasteiger charge is -2.07. The molecule has 0 heterocycles. The summed E-state index contributed by atoms with van der Waals surface area (Å²) in [4.78, 5) is 11.3. The van der Waals surface area contributed by atoms with Crippen molar-refractivity contribution in [1.29, 1.82) is 0 Å². The van der Waals surface area contributed by atoms with E-state index in [1.165, 1.54) is 7.11 Å². The second-order valence-corrected chi connectivity index (χ2v) is 4.49. The zero-order valence-corrected chi connectivity index (χ0v) is 10.1. The summed E-state index contributed by atoms with van der Waals surface area (Å²) in [6, 6.07) is 0.476. The van der Waals surface area contributed by atoms with E-state index in [0.717, 1.165) is 38.5 Å². The molecule has 94 valence electrons. The molecule has 4 heteroatoms. The molecule has 1 unspecified atom stereocenters. The van der Waals surface area contributed by atoms with Crippen LogP contribution in [0.3, 0.4) is 0 Å². The lowest BCUT2D eigenvalue weighted by atomic mass is 10.1. The van der Waals surface area contributed by atoms with Gasteiger partial charge in [-0.2, -0.15) is 0 Å². The van der Waals surface area contributed by atoms with Gasteiger partial charge in [0, 0.05) is 19.6 Å². The molecule has 2 N–H and O–H groups in total. The number of hydrogen-bond acceptors (Lipinski definition) is 3. The number of carbonyl (C=O) groups is 1. The summed E-state index contributed by atoms with van der Waals surface area (Å²) in [5.41, 5.74) is 0. The summed E-state index contributed by atoms with van der Waals surface area (Å²) < 4.78 is 4.74. The van der Waals surface area contributed by atoms with Crippen molar-refractivity contribution in [3.8, 4) is 0 Å². The van der Waals surface area contributed by atoms with Crippen LogP contribution in [-0.2, 0) is 9.53 Å². The van der Waals surface area contributed by atoms with Gasteiger partial charge in [0.15, 0.2) is 6.29 Å². The number of ether oxygens (including phenoxy) is 1. The first-order chi connectivity index (χ1) is 7.72. The third kappa shape index (κ3) is 6.80. The van der Waals surface area contributed by atoms with Gasteiger partial charge in [0.2, 0.25) is 5.91 Å². The molecule has 0 aromatic heterocycles. The standard InChI is InChI=1S/C12H23NO3/c1-16-12(15)7-5-3-2-4-6-11(14)13-10-8-9-10/h10,12,15H,2-9H2,1H3,(H,13,14). The highest BCUT2D eigenvalue weighted by atomic mass is 16.6. The molecule has 1 saturated carbocycles. The number of aliphatic hydroxyl groups is 1. The van der Waals surface area contributed by atoms with E-state index in [-0.39, 0.29) is 5.91 Å². The Kier molecular flexibility index (Phi) is 6.42. The molecule has 1 rings (SSSR count). The fourth-order valence-electron chi connectivity index (χ4n) is 1.60. The Bertz CT molecular complexity index is 204. The van der Waals surface area contributed by atoms with E-state index in [2.05, 4.69) is 5.32 Å². The highest BCUT2D eigenvalue weighted by Gasteiger charge is 2.22. The van der Waals surface area contributed by atoms with Crippen LogP contribution in [0.25, 0.3) is 0 Å². The Hall–Kier alpha value is -0.610. The zero-order chi connectivity index (χ0) is 11.8. The van der Waals surface area contributed by atoms with Gasteiger partial charge in [0.25, 0.3) is 0 Å². The van der Waals surface area contributed by atoms with Gasteiger partial charge < -0.3 is 15.2 Å². The van der Waals surface area contributed by atoms with Gasteiger partial charge in [-0.25, -0.2) is 0 Å². The molecule has 0 aromatic carbocycles. The maximum absolute atomic E-state index is 11.3. The van der Waals surface area contributed by atoms with Crippen molar-refractivity contribution in [2.24, 2.45) is 0 Å². The fourth-order valence-corrected chi connectivity index (χ4v) is 1.60. The zero-order valence-electron chi connectivity index (χ0n) is 10.1. The molecule has 0 aromatic rings. The number of methoxy groups -OCH3 is 1. The third-order valence-corrected chi connectivity index (χ3v) is 2.82. The number of unbranched alkanes of at least 4 members (excludes halogenated alkanes) is 3. The summed E-state index contributed by atoms with van der Waals surface area (Å²) >= 11 is 0. The molecule has 1 atom stereocenters. The predicted octanol–water partition coefficient (Wildman–Crippen LogP) is 1.57. The maximum Gasteiger partial charge on any atom is 0.220 e. The highest BCUT2D eigenvalue weighted by Crippen LogP contribution is 2.19. The molecule has 1 aliphatic rings. The van der Waals surface area contributed by atoms with Crippen LogP contribution in [0.1, 0.15) is 51.4 Å². The van der Waals surface area contributed by atoms with Crippen LogP contribution in [-0.4, -0.2) is 30.5 Å². The van der Waals surface area contributed by atoms with Crippen molar-refractivity contribution in [3.63, 3.8) is 0 Å². The molecule has 0 bridgehead atoms. The lowest BCUT2D eigenvalue weighted by Crippen LogP contribution is -2.24. The van der Waals surface area contributed by atoms with Crippen LogP contribution < -0.4 is 5.32 Å². The largest absolute Gasteiger partial charge is 0.368 e. The van der Waals surface area contributed by atoms with Crippen LogP contribution in [0.2, 0.25) is 0 Å². The average molecular weight is 229 g/mol. The first-order valence-electron chi connectivity index (χ1n) is 6.22. The molecule has 1 fully saturated rings. The molecular formula is C12H23NO3. The Morgan fingerprint density at radius 2 is 2.06 bits per heavy atom. The molecule has 0 radical (unpaired) electrons. The molecule has 16 heavy (non-hydrogen) atoms. The Labute approximate surface area is 97.4 Å². The first-order valence-corrected chi connectivity index (χ1v) is 6.22. The minimum Gasteiger partial charge on any atom is -0.368 e. The number of hydrogen-bond donors (Lipinski definition) is 2. The van der Waals surface area contributed by atoms with Crippen molar-refractivity contribution < 1.29 is 14.6 Å². The van der Waals surface area contributed by atoms with E-state index < -0.39 is 6.29 Å². The van der Waals surface area contributed by atoms with Crippen LogP contribution in [0.5, 0.6) is 0 Å². The van der Waals surface area contributed by atoms with Crippen LogP contribution >= 0.6 is 0 Å². The van der Waals surface area contributed by atoms with Crippen LogP contribution in [0.4, 0.5) is 0 Å². The molecule has 1 amide bonds. The molecular weight excluding hydrogens is 206 g/mol. The number of rotatable bonds is 9. The van der Waals surface area contributed by atoms with Gasteiger partial charge >= 0.3 is 0 Å². The normalized spacial score (nSPS) is 17.1. The third-order valence-electron chi connectivity index (χ3n) is 2.82. The Morgan fingerprint density at radius 3 is 2.69 bits per heavy atom. The van der Waals surface area contributed by atoms with E-state index in [0.29, 0.717) is 18.9 Å². The van der Waals surface area contributed by atoms with Crippen molar-refractivity contribution >= 4 is 5.91 Å². The number of aliphatic hydroxyl groups excluding tert-OH is 1. The molecule has 1 aliphatic carbocycles. The highest BCUT2D eigenvalue weighted by molar-refractivity contribution is 5.76. The topological polar surface area (TPSA) is 58.6 Å². The van der Waals surface area contributed by atoms with E-state index in [1.54, 1.807) is 0 Å². The van der Waals surface area contributed by atoms with Gasteiger partial charge in [-0.05, 0) is 32.1 Å². The van der Waals surface area contributed by atoms with E-state index >= 15 is 0 Å². The second-order valence-electron chi connectivity index (χ2n) is 4.49. The van der Waals surface area contributed by atoms with Gasteiger partial charge in [-0.15, -0.1) is 0 Å². The molecule has 0 spiro atoms. The van der Waals surface area contributed by atoms with E-state index in [9.17, 15) is 4.79 Å². The van der Waals surface area contributed by atoms with Gasteiger partial charge in [0.1, 0.15) is 0 Å². The average Bonchev–Trinajstić information content (AvgIpc) is 3.06. The summed E-state index contributed by atoms with van der Waals surface area (Å²) in [5.74, 6) is 0.194. The predicted molar refractivity (Wildman–Crippen MR) is 61.9 cm³/mol. The molecule has 4 nitrogen and oxygen atoms in total. The monoisotopic (exact) mass is 229 g/mol. The van der Waals surface area contributed by atoms with Crippen molar-refractivity contribution in [2.45, 2.75) is 63.7 Å². The minimum atomic E-state index is -0.627. The summed E-state index contributed by atoms with van der Waals surface area (Å²) in [5, 5.41) is 12.1. The minimum absolute atomic E-state index is 0.194. The van der Waals surface area contributed by atoms with E-state index in [4.69, 9.17) is 9.84 Å². The summed E-state index contributed by atoms with van der Waals surface area (Å²) in [6.07, 6.45) is 7.01. The summed E-state index contributed by atoms with van der Waals surface area (Å²) in [7, 11) is 1.51. The Balaban J connectivity index is 1.81. The number of amides is 1. The molecule has 0 saturated heterocycles. The van der Waals surface area contributed by atoms with Crippen molar-refractivity contribution in [3.05, 3.63) is 0 Å². The van der Waals surface area contributed by atoms with Crippen LogP contribution in [0, 0.1) is 0 Å². The van der Waals surface area contributed by atoms with Gasteiger partial charge in [0.05, 0.1) is 0 Å². The SMILES string of the molecule is COC(O)CCCCCCC(=O)NC1CC1. The fraction of sp³-hybridized carbons (Fsp3) is 0.917. The number of carbonyl (C=O) groups excluding carboxylic acids is 1. The first kappa shape index (κ1) is 13.5. The number of nitrogens with one attached hydrogen (secondary N) is 1.